The first-order valence-corrected chi connectivity index (χ1v) is 12.6. The lowest BCUT2D eigenvalue weighted by Crippen LogP contribution is -2.36. The Balaban J connectivity index is 1.59. The third kappa shape index (κ3) is 3.44. The summed E-state index contributed by atoms with van der Waals surface area (Å²) in [4.78, 5) is 0. The molecule has 0 nitrogen and oxygen atoms in total. The van der Waals surface area contributed by atoms with Crippen molar-refractivity contribution in [2.45, 2.75) is 50.4 Å². The third-order valence-electron chi connectivity index (χ3n) is 8.07. The summed E-state index contributed by atoms with van der Waals surface area (Å²) < 4.78 is 0. The number of fused-ring (bicyclic) bond motifs is 5. The molecule has 0 saturated heterocycles. The minimum Gasteiger partial charge on any atom is -0.0843 e. The Morgan fingerprint density at radius 1 is 0.788 bits per heavy atom. The van der Waals surface area contributed by atoms with Crippen molar-refractivity contribution in [2.75, 3.05) is 0 Å². The van der Waals surface area contributed by atoms with Crippen LogP contribution >= 0.6 is 11.6 Å². The van der Waals surface area contributed by atoms with Crippen molar-refractivity contribution in [3.8, 4) is 11.1 Å². The Bertz CT molecular complexity index is 1300. The average Bonchev–Trinajstić information content (AvgIpc) is 2.86. The van der Waals surface area contributed by atoms with Crippen molar-refractivity contribution in [2.24, 2.45) is 0 Å². The van der Waals surface area contributed by atoms with Crippen molar-refractivity contribution in [1.82, 2.24) is 0 Å². The molecule has 0 heterocycles. The van der Waals surface area contributed by atoms with E-state index in [9.17, 15) is 0 Å². The van der Waals surface area contributed by atoms with Crippen molar-refractivity contribution in [3.05, 3.63) is 129 Å². The van der Waals surface area contributed by atoms with Crippen molar-refractivity contribution in [3.63, 3.8) is 0 Å². The van der Waals surface area contributed by atoms with Crippen LogP contribution in [0.2, 0.25) is 5.02 Å². The van der Waals surface area contributed by atoms with Gasteiger partial charge in [-0.1, -0.05) is 97.4 Å². The lowest BCUT2D eigenvalue weighted by atomic mass is 9.59. The summed E-state index contributed by atoms with van der Waals surface area (Å²) in [5.41, 5.74) is 11.9. The number of aryl methyl sites for hydroxylation is 1. The number of halogens is 1. The van der Waals surface area contributed by atoms with E-state index in [1.807, 2.05) is 0 Å². The summed E-state index contributed by atoms with van der Waals surface area (Å²) >= 11 is 6.32. The van der Waals surface area contributed by atoms with E-state index in [4.69, 9.17) is 11.6 Å². The maximum atomic E-state index is 6.32. The molecule has 0 aliphatic heterocycles. The predicted octanol–water partition coefficient (Wildman–Crippen LogP) is 8.53. The van der Waals surface area contributed by atoms with Gasteiger partial charge < -0.3 is 0 Å². The molecule has 1 heteroatoms. The van der Waals surface area contributed by atoms with E-state index >= 15 is 0 Å². The van der Waals surface area contributed by atoms with Crippen LogP contribution in [0, 0.1) is 0 Å². The third-order valence-corrected chi connectivity index (χ3v) is 8.32. The van der Waals surface area contributed by atoms with Crippen LogP contribution in [-0.2, 0) is 24.7 Å². The fourth-order valence-electron chi connectivity index (χ4n) is 6.47. The molecule has 0 radical (unpaired) electrons. The van der Waals surface area contributed by atoms with E-state index in [0.717, 1.165) is 30.7 Å². The highest BCUT2D eigenvalue weighted by molar-refractivity contribution is 6.30. The fourth-order valence-corrected chi connectivity index (χ4v) is 6.59. The molecular formula is C32H29Cl. The maximum absolute atomic E-state index is 6.32. The summed E-state index contributed by atoms with van der Waals surface area (Å²) in [6, 6.07) is 33.5. The Hall–Kier alpha value is -2.83. The number of hydrogen-bond donors (Lipinski definition) is 0. The van der Waals surface area contributed by atoms with Gasteiger partial charge in [0.15, 0.2) is 0 Å². The van der Waals surface area contributed by atoms with Crippen LogP contribution < -0.4 is 0 Å². The van der Waals surface area contributed by atoms with Gasteiger partial charge in [-0.05, 0) is 94.7 Å². The lowest BCUT2D eigenvalue weighted by molar-refractivity contribution is 0.395. The number of rotatable bonds is 3. The smallest absolute Gasteiger partial charge is 0.0406 e. The van der Waals surface area contributed by atoms with E-state index < -0.39 is 0 Å². The highest BCUT2D eigenvalue weighted by atomic mass is 35.5. The SMILES string of the molecule is CC1CCC(Cc2ccccc2)(c2ccc(Cl)cc2)c2ccc3c(c21)CCc1ccccc1-3. The van der Waals surface area contributed by atoms with Crippen LogP contribution in [0.25, 0.3) is 11.1 Å². The average molecular weight is 449 g/mol. The highest BCUT2D eigenvalue weighted by Gasteiger charge is 2.42. The maximum Gasteiger partial charge on any atom is 0.0406 e. The molecule has 2 atom stereocenters. The minimum absolute atomic E-state index is 0.0280. The van der Waals surface area contributed by atoms with Gasteiger partial charge in [-0.2, -0.15) is 0 Å². The summed E-state index contributed by atoms with van der Waals surface area (Å²) in [6.07, 6.45) is 5.67. The predicted molar refractivity (Wildman–Crippen MR) is 139 cm³/mol. The molecule has 4 aromatic carbocycles. The van der Waals surface area contributed by atoms with Crippen LogP contribution in [0.4, 0.5) is 0 Å². The minimum atomic E-state index is -0.0280. The van der Waals surface area contributed by atoms with Gasteiger partial charge in [0.1, 0.15) is 0 Å². The molecule has 0 spiro atoms. The van der Waals surface area contributed by atoms with E-state index in [1.54, 1.807) is 11.1 Å². The second-order valence-corrected chi connectivity index (χ2v) is 10.3. The van der Waals surface area contributed by atoms with Crippen LogP contribution in [0.5, 0.6) is 0 Å². The molecule has 6 rings (SSSR count). The first-order chi connectivity index (χ1) is 16.2. The highest BCUT2D eigenvalue weighted by Crippen LogP contribution is 2.52. The molecule has 164 valence electrons. The summed E-state index contributed by atoms with van der Waals surface area (Å²) in [5, 5.41) is 0.806. The second kappa shape index (κ2) is 8.19. The van der Waals surface area contributed by atoms with Gasteiger partial charge in [0.25, 0.3) is 0 Å². The van der Waals surface area contributed by atoms with Gasteiger partial charge in [-0.15, -0.1) is 0 Å². The van der Waals surface area contributed by atoms with E-state index in [-0.39, 0.29) is 5.41 Å². The standard InChI is InChI=1S/C32H29Cl/c1-22-19-20-32(21-23-7-3-2-4-8-23,25-12-14-26(33)15-13-25)30-18-17-28-27-10-6-5-9-24(27)11-16-29(28)31(22)30/h2-10,12-15,17-18,22H,11,16,19-21H2,1H3. The van der Waals surface area contributed by atoms with Crippen LogP contribution in [0.3, 0.4) is 0 Å². The lowest BCUT2D eigenvalue weighted by Gasteiger charge is -2.44. The normalized spacial score (nSPS) is 21.1. The molecule has 0 fully saturated rings. The molecule has 2 unspecified atom stereocenters. The Morgan fingerprint density at radius 3 is 2.36 bits per heavy atom. The molecule has 0 amide bonds. The molecule has 4 aromatic rings. The summed E-state index contributed by atoms with van der Waals surface area (Å²) in [5.74, 6) is 0.580. The summed E-state index contributed by atoms with van der Waals surface area (Å²) in [7, 11) is 0. The largest absolute Gasteiger partial charge is 0.0843 e. The second-order valence-electron chi connectivity index (χ2n) is 9.90. The van der Waals surface area contributed by atoms with Crippen molar-refractivity contribution in [1.29, 1.82) is 0 Å². The van der Waals surface area contributed by atoms with E-state index in [0.29, 0.717) is 5.92 Å². The first kappa shape index (κ1) is 20.8. The zero-order valence-corrected chi connectivity index (χ0v) is 19.9. The summed E-state index contributed by atoms with van der Waals surface area (Å²) in [6.45, 7) is 2.44. The molecule has 2 aliphatic carbocycles. The van der Waals surface area contributed by atoms with Crippen LogP contribution in [0.1, 0.15) is 59.1 Å². The zero-order chi connectivity index (χ0) is 22.4. The Morgan fingerprint density at radius 2 is 1.55 bits per heavy atom. The van der Waals surface area contributed by atoms with Crippen molar-refractivity contribution < 1.29 is 0 Å². The molecule has 0 saturated carbocycles. The Kier molecular flexibility index (Phi) is 5.15. The van der Waals surface area contributed by atoms with Gasteiger partial charge in [0.05, 0.1) is 0 Å². The van der Waals surface area contributed by atoms with E-state index in [2.05, 4.69) is 97.9 Å². The van der Waals surface area contributed by atoms with Gasteiger partial charge in [-0.25, -0.2) is 0 Å². The molecule has 33 heavy (non-hydrogen) atoms. The van der Waals surface area contributed by atoms with Gasteiger partial charge in [-0.3, -0.25) is 0 Å². The van der Waals surface area contributed by atoms with Gasteiger partial charge in [0.2, 0.25) is 0 Å². The first-order valence-electron chi connectivity index (χ1n) is 12.2. The van der Waals surface area contributed by atoms with Crippen LogP contribution in [-0.4, -0.2) is 0 Å². The quantitative estimate of drug-likeness (QED) is 0.294. The molecule has 0 aromatic heterocycles. The number of hydrogen-bond acceptors (Lipinski definition) is 0. The van der Waals surface area contributed by atoms with E-state index in [1.165, 1.54) is 39.8 Å². The van der Waals surface area contributed by atoms with Gasteiger partial charge >= 0.3 is 0 Å². The van der Waals surface area contributed by atoms with Crippen molar-refractivity contribution >= 4 is 11.6 Å². The number of benzene rings is 4. The fraction of sp³-hybridized carbons (Fsp3) is 0.250. The molecular weight excluding hydrogens is 420 g/mol. The van der Waals surface area contributed by atoms with Gasteiger partial charge in [0, 0.05) is 10.4 Å². The Labute approximate surface area is 202 Å². The monoisotopic (exact) mass is 448 g/mol. The zero-order valence-electron chi connectivity index (χ0n) is 19.2. The molecule has 0 bridgehead atoms. The molecule has 0 N–H and O–H groups in total. The van der Waals surface area contributed by atoms with Crippen LogP contribution in [0.15, 0.2) is 91.0 Å². The molecule has 2 aliphatic rings. The topological polar surface area (TPSA) is 0 Å².